The van der Waals surface area contributed by atoms with Gasteiger partial charge in [0.05, 0.1) is 30.3 Å². The summed E-state index contributed by atoms with van der Waals surface area (Å²) in [6, 6.07) is 2.81. The maximum atomic E-state index is 13.6. The van der Waals surface area contributed by atoms with Crippen LogP contribution in [0.3, 0.4) is 0 Å². The zero-order chi connectivity index (χ0) is 27.2. The van der Waals surface area contributed by atoms with Crippen molar-refractivity contribution in [2.24, 2.45) is 0 Å². The second kappa shape index (κ2) is 9.36. The number of aliphatic hydroxyl groups is 1. The first-order valence-corrected chi connectivity index (χ1v) is 11.6. The molecule has 2 unspecified atom stereocenters. The smallest absolute Gasteiger partial charge is 0.421 e. The van der Waals surface area contributed by atoms with Gasteiger partial charge in [-0.15, -0.1) is 0 Å². The summed E-state index contributed by atoms with van der Waals surface area (Å²) in [7, 11) is 1.22. The van der Waals surface area contributed by atoms with Gasteiger partial charge in [0.2, 0.25) is 5.95 Å². The van der Waals surface area contributed by atoms with Gasteiger partial charge in [-0.3, -0.25) is 4.40 Å². The Morgan fingerprint density at radius 3 is 2.59 bits per heavy atom. The van der Waals surface area contributed by atoms with Crippen LogP contribution in [0.25, 0.3) is 17.0 Å². The van der Waals surface area contributed by atoms with Crippen molar-refractivity contribution in [3.63, 3.8) is 0 Å². The van der Waals surface area contributed by atoms with Crippen LogP contribution in [-0.4, -0.2) is 73.5 Å². The standard InChI is InChI=1S/C24H29F3N6O4/c1-22(2,3)37-21(34)32-9-7-14(12-32)30-20-28-8-6-16(31-20)17-11-29-19-10-18(36-5)15(13-33(17)19)23(4,35)24(25,26)27/h6,8,10-11,13-14,35H,7,9,12H2,1-5H3,(H,28,30,31). The van der Waals surface area contributed by atoms with Gasteiger partial charge < -0.3 is 24.8 Å². The van der Waals surface area contributed by atoms with Crippen LogP contribution in [0.15, 0.2) is 30.7 Å². The molecule has 3 aromatic heterocycles. The molecule has 0 radical (unpaired) electrons. The third-order valence-electron chi connectivity index (χ3n) is 6.00. The molecule has 0 bridgehead atoms. The molecule has 0 saturated carbocycles. The lowest BCUT2D eigenvalue weighted by molar-refractivity contribution is -0.259. The van der Waals surface area contributed by atoms with Crippen molar-refractivity contribution in [1.82, 2.24) is 24.3 Å². The van der Waals surface area contributed by atoms with Crippen molar-refractivity contribution in [3.8, 4) is 17.1 Å². The van der Waals surface area contributed by atoms with E-state index in [1.54, 1.807) is 31.7 Å². The Labute approximate surface area is 211 Å². The topological polar surface area (TPSA) is 114 Å². The molecule has 0 spiro atoms. The van der Waals surface area contributed by atoms with Crippen LogP contribution in [0.1, 0.15) is 39.7 Å². The Balaban J connectivity index is 1.59. The molecule has 0 aliphatic carbocycles. The fourth-order valence-electron chi connectivity index (χ4n) is 4.01. The second-order valence-corrected chi connectivity index (χ2v) is 10.0. The van der Waals surface area contributed by atoms with E-state index < -0.39 is 29.0 Å². The first-order valence-electron chi connectivity index (χ1n) is 11.6. The number of carbonyl (C=O) groups excluding carboxylic acids is 1. The zero-order valence-corrected chi connectivity index (χ0v) is 21.1. The Bertz CT molecular complexity index is 1300. The molecule has 2 atom stereocenters. The quantitative estimate of drug-likeness (QED) is 0.517. The summed E-state index contributed by atoms with van der Waals surface area (Å²) in [4.78, 5) is 27.0. The van der Waals surface area contributed by atoms with E-state index >= 15 is 0 Å². The number of nitrogens with zero attached hydrogens (tertiary/aromatic N) is 5. The van der Waals surface area contributed by atoms with Gasteiger partial charge in [0.15, 0.2) is 5.60 Å². The largest absolute Gasteiger partial charge is 0.496 e. The van der Waals surface area contributed by atoms with Crippen molar-refractivity contribution in [3.05, 3.63) is 36.3 Å². The van der Waals surface area contributed by atoms with Gasteiger partial charge in [-0.2, -0.15) is 13.2 Å². The van der Waals surface area contributed by atoms with Crippen LogP contribution in [0, 0.1) is 0 Å². The number of nitrogens with one attached hydrogen (secondary N) is 1. The van der Waals surface area contributed by atoms with Crippen LogP contribution in [0.5, 0.6) is 5.75 Å². The number of fused-ring (bicyclic) bond motifs is 1. The number of hydrogen-bond acceptors (Lipinski definition) is 8. The molecule has 1 fully saturated rings. The summed E-state index contributed by atoms with van der Waals surface area (Å²) in [5.41, 5.74) is -3.11. The number of amides is 1. The maximum Gasteiger partial charge on any atom is 0.421 e. The van der Waals surface area contributed by atoms with Gasteiger partial charge in [-0.1, -0.05) is 0 Å². The maximum absolute atomic E-state index is 13.6. The Morgan fingerprint density at radius 1 is 1.22 bits per heavy atom. The molecule has 10 nitrogen and oxygen atoms in total. The van der Waals surface area contributed by atoms with Gasteiger partial charge in [-0.05, 0) is 40.2 Å². The number of likely N-dealkylation sites (tertiary alicyclic amines) is 1. The number of aromatic nitrogens is 4. The molecule has 4 rings (SSSR count). The van der Waals surface area contributed by atoms with Crippen LogP contribution >= 0.6 is 0 Å². The number of imidazole rings is 1. The van der Waals surface area contributed by atoms with E-state index in [1.165, 1.54) is 30.0 Å². The molecule has 37 heavy (non-hydrogen) atoms. The lowest BCUT2D eigenvalue weighted by Gasteiger charge is -2.28. The zero-order valence-electron chi connectivity index (χ0n) is 21.1. The minimum atomic E-state index is -4.94. The van der Waals surface area contributed by atoms with Gasteiger partial charge >= 0.3 is 12.3 Å². The highest BCUT2D eigenvalue weighted by Gasteiger charge is 2.53. The summed E-state index contributed by atoms with van der Waals surface area (Å²) in [6.07, 6.45) is -0.534. The number of carbonyl (C=O) groups is 1. The third kappa shape index (κ3) is 5.41. The van der Waals surface area contributed by atoms with E-state index in [1.807, 2.05) is 0 Å². The van der Waals surface area contributed by atoms with E-state index in [0.29, 0.717) is 49.4 Å². The molecular formula is C24H29F3N6O4. The average molecular weight is 523 g/mol. The molecular weight excluding hydrogens is 493 g/mol. The number of ether oxygens (including phenoxy) is 2. The van der Waals surface area contributed by atoms with Gasteiger partial charge in [0.25, 0.3) is 0 Å². The first-order chi connectivity index (χ1) is 17.2. The summed E-state index contributed by atoms with van der Waals surface area (Å²) in [6.45, 7) is 7.01. The predicted molar refractivity (Wildman–Crippen MR) is 128 cm³/mol. The molecule has 1 aliphatic heterocycles. The van der Waals surface area contributed by atoms with E-state index in [4.69, 9.17) is 9.47 Å². The summed E-state index contributed by atoms with van der Waals surface area (Å²) in [5, 5.41) is 13.5. The van der Waals surface area contributed by atoms with Gasteiger partial charge in [0.1, 0.15) is 17.0 Å². The van der Waals surface area contributed by atoms with Crippen molar-refractivity contribution >= 4 is 17.7 Å². The normalized spacial score (nSPS) is 18.1. The van der Waals surface area contributed by atoms with Crippen LogP contribution in [-0.2, 0) is 10.3 Å². The van der Waals surface area contributed by atoms with Crippen molar-refractivity contribution in [1.29, 1.82) is 0 Å². The van der Waals surface area contributed by atoms with Crippen molar-refractivity contribution < 1.29 is 32.5 Å². The molecule has 1 saturated heterocycles. The molecule has 4 heterocycles. The molecule has 2 N–H and O–H groups in total. The number of anilines is 1. The van der Waals surface area contributed by atoms with Crippen LogP contribution in [0.4, 0.5) is 23.9 Å². The van der Waals surface area contributed by atoms with E-state index in [-0.39, 0.29) is 11.8 Å². The van der Waals surface area contributed by atoms with E-state index in [0.717, 1.165) is 6.20 Å². The summed E-state index contributed by atoms with van der Waals surface area (Å²) >= 11 is 0. The number of halogens is 3. The Hall–Kier alpha value is -3.61. The van der Waals surface area contributed by atoms with Crippen molar-refractivity contribution in [2.75, 3.05) is 25.5 Å². The van der Waals surface area contributed by atoms with Crippen LogP contribution < -0.4 is 10.1 Å². The van der Waals surface area contributed by atoms with Gasteiger partial charge in [-0.25, -0.2) is 19.7 Å². The highest BCUT2D eigenvalue weighted by Crippen LogP contribution is 2.43. The lowest BCUT2D eigenvalue weighted by Crippen LogP contribution is -2.39. The molecule has 0 aromatic carbocycles. The van der Waals surface area contributed by atoms with Crippen LogP contribution in [0.2, 0.25) is 0 Å². The SMILES string of the molecule is COc1cc2ncc(-c3ccnc(NC4CCN(C(=O)OC(C)(C)C)C4)n3)n2cc1C(C)(O)C(F)(F)F. The first kappa shape index (κ1) is 26.5. The van der Waals surface area contributed by atoms with E-state index in [9.17, 15) is 23.1 Å². The molecule has 3 aromatic rings. The minimum Gasteiger partial charge on any atom is -0.496 e. The Morgan fingerprint density at radius 2 is 1.95 bits per heavy atom. The lowest BCUT2D eigenvalue weighted by atomic mass is 9.96. The van der Waals surface area contributed by atoms with Crippen molar-refractivity contribution in [2.45, 2.75) is 57.5 Å². The van der Waals surface area contributed by atoms with Gasteiger partial charge in [0, 0.05) is 37.6 Å². The molecule has 13 heteroatoms. The third-order valence-corrected chi connectivity index (χ3v) is 6.00. The average Bonchev–Trinajstić information content (AvgIpc) is 3.43. The Kier molecular flexibility index (Phi) is 6.69. The summed E-state index contributed by atoms with van der Waals surface area (Å²) < 4.78 is 52.7. The highest BCUT2D eigenvalue weighted by molar-refractivity contribution is 5.69. The minimum absolute atomic E-state index is 0.109. The number of pyridine rings is 1. The summed E-state index contributed by atoms with van der Waals surface area (Å²) in [5.74, 6) is 0.146. The number of methoxy groups -OCH3 is 1. The predicted octanol–water partition coefficient (Wildman–Crippen LogP) is 3.99. The molecule has 1 amide bonds. The van der Waals surface area contributed by atoms with E-state index in [2.05, 4.69) is 20.3 Å². The fourth-order valence-corrected chi connectivity index (χ4v) is 4.01. The highest BCUT2D eigenvalue weighted by atomic mass is 19.4. The number of alkyl halides is 3. The second-order valence-electron chi connectivity index (χ2n) is 10.0. The monoisotopic (exact) mass is 522 g/mol. The fraction of sp³-hybridized carbons (Fsp3) is 0.500. The number of hydrogen-bond donors (Lipinski definition) is 2. The molecule has 200 valence electrons. The molecule has 1 aliphatic rings. The number of rotatable bonds is 5.